The highest BCUT2D eigenvalue weighted by molar-refractivity contribution is 7.93. The molecule has 0 N–H and O–H groups in total. The molecule has 1 aliphatic heterocycles. The Balaban J connectivity index is 2.02. The Morgan fingerprint density at radius 1 is 1.25 bits per heavy atom. The van der Waals surface area contributed by atoms with Gasteiger partial charge in [-0.1, -0.05) is 25.5 Å². The minimum Gasteiger partial charge on any atom is -0.339 e. The molecule has 0 aromatic heterocycles. The molecule has 1 saturated heterocycles. The van der Waals surface area contributed by atoms with Crippen LogP contribution in [0, 0.1) is 0 Å². The fourth-order valence-electron chi connectivity index (χ4n) is 2.73. The van der Waals surface area contributed by atoms with Crippen molar-refractivity contribution in [1.82, 2.24) is 4.90 Å². The van der Waals surface area contributed by atoms with Gasteiger partial charge in [0.05, 0.1) is 11.4 Å². The van der Waals surface area contributed by atoms with Gasteiger partial charge in [0.15, 0.2) is 0 Å². The molecule has 0 aliphatic carbocycles. The molecular weight excluding hydrogens is 324 g/mol. The molecule has 0 atom stereocenters. The van der Waals surface area contributed by atoms with Crippen molar-refractivity contribution < 1.29 is 13.2 Å². The van der Waals surface area contributed by atoms with E-state index in [9.17, 15) is 13.2 Å². The highest BCUT2D eigenvalue weighted by Crippen LogP contribution is 2.24. The fraction of sp³-hybridized carbons (Fsp3) is 0.500. The first kappa shape index (κ1) is 18.5. The molecular formula is C18H26N2O3S. The average Bonchev–Trinajstić information content (AvgIpc) is 2.93. The minimum absolute atomic E-state index is 0.0112. The van der Waals surface area contributed by atoms with Crippen LogP contribution in [0.2, 0.25) is 0 Å². The van der Waals surface area contributed by atoms with Crippen molar-refractivity contribution >= 4 is 27.7 Å². The lowest BCUT2D eigenvalue weighted by molar-refractivity contribution is -0.125. The Morgan fingerprint density at radius 3 is 2.50 bits per heavy atom. The Kier molecular flexibility index (Phi) is 6.43. The van der Waals surface area contributed by atoms with Gasteiger partial charge in [0, 0.05) is 25.7 Å². The summed E-state index contributed by atoms with van der Waals surface area (Å²) in [5.41, 5.74) is 1.57. The molecule has 0 spiro atoms. The predicted octanol–water partition coefficient (Wildman–Crippen LogP) is 2.89. The molecule has 1 heterocycles. The Bertz CT molecular complexity index is 681. The van der Waals surface area contributed by atoms with E-state index < -0.39 is 10.0 Å². The zero-order valence-corrected chi connectivity index (χ0v) is 15.3. The highest BCUT2D eigenvalue weighted by atomic mass is 32.2. The number of anilines is 1. The summed E-state index contributed by atoms with van der Waals surface area (Å²) in [7, 11) is -3.15. The molecule has 1 aliphatic rings. The van der Waals surface area contributed by atoms with Crippen LogP contribution in [0.25, 0.3) is 6.08 Å². The smallest absolute Gasteiger partial charge is 0.246 e. The van der Waals surface area contributed by atoms with Crippen LogP contribution in [0.5, 0.6) is 0 Å². The highest BCUT2D eigenvalue weighted by Gasteiger charge is 2.28. The normalized spacial score (nSPS) is 16.7. The summed E-state index contributed by atoms with van der Waals surface area (Å²) in [5.74, 6) is 0.227. The quantitative estimate of drug-likeness (QED) is 0.711. The van der Waals surface area contributed by atoms with Gasteiger partial charge in [0.2, 0.25) is 15.9 Å². The number of rotatable bonds is 7. The van der Waals surface area contributed by atoms with Gasteiger partial charge in [-0.15, -0.1) is 0 Å². The van der Waals surface area contributed by atoms with Crippen molar-refractivity contribution in [2.24, 2.45) is 0 Å². The van der Waals surface area contributed by atoms with E-state index in [1.54, 1.807) is 24.3 Å². The van der Waals surface area contributed by atoms with Crippen LogP contribution < -0.4 is 4.31 Å². The summed E-state index contributed by atoms with van der Waals surface area (Å²) in [4.78, 5) is 14.0. The maximum Gasteiger partial charge on any atom is 0.246 e. The summed E-state index contributed by atoms with van der Waals surface area (Å²) >= 11 is 0. The molecule has 0 bridgehead atoms. The van der Waals surface area contributed by atoms with Crippen molar-refractivity contribution in [3.05, 3.63) is 35.9 Å². The van der Waals surface area contributed by atoms with Crippen LogP contribution in [0.4, 0.5) is 5.69 Å². The fourth-order valence-corrected chi connectivity index (χ4v) is 4.29. The third-order valence-corrected chi connectivity index (χ3v) is 6.04. The van der Waals surface area contributed by atoms with Gasteiger partial charge in [-0.25, -0.2) is 8.42 Å². The van der Waals surface area contributed by atoms with Crippen molar-refractivity contribution in [2.75, 3.05) is 29.7 Å². The molecule has 0 radical (unpaired) electrons. The Labute approximate surface area is 145 Å². The second kappa shape index (κ2) is 8.33. The second-order valence-electron chi connectivity index (χ2n) is 5.94. The molecule has 132 valence electrons. The monoisotopic (exact) mass is 350 g/mol. The Hall–Kier alpha value is -1.82. The van der Waals surface area contributed by atoms with Crippen LogP contribution >= 0.6 is 0 Å². The number of unbranched alkanes of at least 4 members (excludes halogenated alkanes) is 1. The van der Waals surface area contributed by atoms with Crippen molar-refractivity contribution in [3.63, 3.8) is 0 Å². The van der Waals surface area contributed by atoms with E-state index in [0.29, 0.717) is 25.2 Å². The van der Waals surface area contributed by atoms with Crippen molar-refractivity contribution in [2.45, 2.75) is 33.1 Å². The van der Waals surface area contributed by atoms with Crippen LogP contribution in [0.15, 0.2) is 30.3 Å². The van der Waals surface area contributed by atoms with E-state index in [2.05, 4.69) is 6.92 Å². The molecule has 2 rings (SSSR count). The molecule has 1 amide bonds. The third kappa shape index (κ3) is 4.60. The van der Waals surface area contributed by atoms with Crippen LogP contribution in [-0.2, 0) is 14.8 Å². The summed E-state index contributed by atoms with van der Waals surface area (Å²) < 4.78 is 25.3. The molecule has 0 unspecified atom stereocenters. The number of carbonyl (C=O) groups excluding carboxylic acids is 1. The number of nitrogens with zero attached hydrogens (tertiary/aromatic N) is 2. The number of hydrogen-bond acceptors (Lipinski definition) is 3. The number of sulfonamides is 1. The maximum absolute atomic E-state index is 12.2. The first-order chi connectivity index (χ1) is 11.5. The average molecular weight is 350 g/mol. The SMILES string of the molecule is CCCCN(CC)C(=O)/C=C/c1ccc(N2CCCS2(=O)=O)cc1. The van der Waals surface area contributed by atoms with Gasteiger partial charge >= 0.3 is 0 Å². The molecule has 0 saturated carbocycles. The lowest BCUT2D eigenvalue weighted by Gasteiger charge is -2.18. The lowest BCUT2D eigenvalue weighted by Crippen LogP contribution is -2.30. The number of likely N-dealkylation sites (N-methyl/N-ethyl adjacent to an activating group) is 1. The van der Waals surface area contributed by atoms with E-state index in [-0.39, 0.29) is 11.7 Å². The second-order valence-corrected chi connectivity index (χ2v) is 7.95. The molecule has 24 heavy (non-hydrogen) atoms. The summed E-state index contributed by atoms with van der Waals surface area (Å²) in [6.07, 6.45) is 6.10. The van der Waals surface area contributed by atoms with E-state index in [1.165, 1.54) is 4.31 Å². The first-order valence-electron chi connectivity index (χ1n) is 8.55. The van der Waals surface area contributed by atoms with Crippen LogP contribution in [0.3, 0.4) is 0 Å². The largest absolute Gasteiger partial charge is 0.339 e. The van der Waals surface area contributed by atoms with E-state index >= 15 is 0 Å². The first-order valence-corrected chi connectivity index (χ1v) is 10.2. The number of benzene rings is 1. The summed E-state index contributed by atoms with van der Waals surface area (Å²) in [5, 5.41) is 0. The third-order valence-electron chi connectivity index (χ3n) is 4.17. The zero-order chi connectivity index (χ0) is 17.6. The number of carbonyl (C=O) groups is 1. The van der Waals surface area contributed by atoms with Gasteiger partial charge in [-0.05, 0) is 43.5 Å². The standard InChI is InChI=1S/C18H26N2O3S/c1-3-5-13-19(4-2)18(21)12-9-16-7-10-17(11-8-16)20-14-6-15-24(20,22)23/h7-12H,3-6,13-15H2,1-2H3/b12-9+. The van der Waals surface area contributed by atoms with Gasteiger partial charge in [0.1, 0.15) is 0 Å². The minimum atomic E-state index is -3.15. The lowest BCUT2D eigenvalue weighted by atomic mass is 10.2. The van der Waals surface area contributed by atoms with Crippen LogP contribution in [0.1, 0.15) is 38.7 Å². The topological polar surface area (TPSA) is 57.7 Å². The molecule has 1 aromatic carbocycles. The van der Waals surface area contributed by atoms with E-state index in [1.807, 2.05) is 24.0 Å². The molecule has 5 nitrogen and oxygen atoms in total. The molecule has 1 aromatic rings. The van der Waals surface area contributed by atoms with Crippen LogP contribution in [-0.4, -0.2) is 44.6 Å². The summed E-state index contributed by atoms with van der Waals surface area (Å²) in [6.45, 7) is 6.11. The Morgan fingerprint density at radius 2 is 1.96 bits per heavy atom. The molecule has 6 heteroatoms. The maximum atomic E-state index is 12.2. The number of hydrogen-bond donors (Lipinski definition) is 0. The van der Waals surface area contributed by atoms with Gasteiger partial charge in [-0.2, -0.15) is 0 Å². The number of amides is 1. The predicted molar refractivity (Wildman–Crippen MR) is 98.4 cm³/mol. The van der Waals surface area contributed by atoms with Crippen molar-refractivity contribution in [3.8, 4) is 0 Å². The van der Waals surface area contributed by atoms with Gasteiger partial charge < -0.3 is 4.90 Å². The summed E-state index contributed by atoms with van der Waals surface area (Å²) in [6, 6.07) is 7.27. The van der Waals surface area contributed by atoms with Gasteiger partial charge in [0.25, 0.3) is 0 Å². The van der Waals surface area contributed by atoms with Gasteiger partial charge in [-0.3, -0.25) is 9.10 Å². The van der Waals surface area contributed by atoms with Crippen molar-refractivity contribution in [1.29, 1.82) is 0 Å². The van der Waals surface area contributed by atoms with E-state index in [0.717, 1.165) is 24.9 Å². The molecule has 1 fully saturated rings. The zero-order valence-electron chi connectivity index (χ0n) is 14.4. The van der Waals surface area contributed by atoms with E-state index in [4.69, 9.17) is 0 Å².